The molecule has 6 nitrogen and oxygen atoms in total. The highest BCUT2D eigenvalue weighted by Crippen LogP contribution is 2.17. The number of amides is 1. The molecule has 2 aliphatic rings. The van der Waals surface area contributed by atoms with E-state index in [4.69, 9.17) is 0 Å². The highest BCUT2D eigenvalue weighted by atomic mass is 32.2. The average Bonchev–Trinajstić information content (AvgIpc) is 2.48. The predicted octanol–water partition coefficient (Wildman–Crippen LogP) is -0.0466. The Kier molecular flexibility index (Phi) is 6.23. The molecule has 2 rings (SSSR count). The fraction of sp³-hybridized carbons (Fsp3) is 0.933. The van der Waals surface area contributed by atoms with Crippen molar-refractivity contribution in [2.75, 3.05) is 50.8 Å². The summed E-state index contributed by atoms with van der Waals surface area (Å²) >= 11 is 0. The van der Waals surface area contributed by atoms with Gasteiger partial charge in [0.1, 0.15) is 0 Å². The van der Waals surface area contributed by atoms with Gasteiger partial charge in [-0.1, -0.05) is 6.92 Å². The Morgan fingerprint density at radius 2 is 1.77 bits per heavy atom. The summed E-state index contributed by atoms with van der Waals surface area (Å²) in [6.45, 7) is 8.58. The van der Waals surface area contributed by atoms with Crippen LogP contribution in [-0.4, -0.2) is 80.9 Å². The lowest BCUT2D eigenvalue weighted by atomic mass is 9.98. The predicted molar refractivity (Wildman–Crippen MR) is 87.5 cm³/mol. The normalized spacial score (nSPS) is 25.7. The molecule has 1 atom stereocenters. The zero-order valence-electron chi connectivity index (χ0n) is 13.8. The lowest BCUT2D eigenvalue weighted by Gasteiger charge is -2.35. The summed E-state index contributed by atoms with van der Waals surface area (Å²) < 4.78 is 22.7. The summed E-state index contributed by atoms with van der Waals surface area (Å²) in [5.41, 5.74) is 0. The zero-order chi connectivity index (χ0) is 16.2. The average molecular weight is 331 g/mol. The number of sulfone groups is 1. The third-order valence-corrected chi connectivity index (χ3v) is 6.45. The highest BCUT2D eigenvalue weighted by Gasteiger charge is 2.24. The van der Waals surface area contributed by atoms with Gasteiger partial charge in [0.2, 0.25) is 5.91 Å². The fourth-order valence-corrected chi connectivity index (χ4v) is 4.30. The topological polar surface area (TPSA) is 69.7 Å². The second-order valence-electron chi connectivity index (χ2n) is 6.80. The molecule has 2 saturated heterocycles. The van der Waals surface area contributed by atoms with Gasteiger partial charge in [0, 0.05) is 25.7 Å². The number of nitrogens with zero attached hydrogens (tertiary/aromatic N) is 2. The molecule has 0 aromatic rings. The molecule has 22 heavy (non-hydrogen) atoms. The van der Waals surface area contributed by atoms with Crippen LogP contribution in [0.1, 0.15) is 26.7 Å². The van der Waals surface area contributed by atoms with Crippen molar-refractivity contribution in [1.82, 2.24) is 15.1 Å². The van der Waals surface area contributed by atoms with Crippen LogP contribution < -0.4 is 5.32 Å². The van der Waals surface area contributed by atoms with Gasteiger partial charge in [0.05, 0.1) is 18.1 Å². The third kappa shape index (κ3) is 5.52. The minimum absolute atomic E-state index is 0.00322. The van der Waals surface area contributed by atoms with E-state index >= 15 is 0 Å². The Morgan fingerprint density at radius 1 is 1.18 bits per heavy atom. The van der Waals surface area contributed by atoms with E-state index in [9.17, 15) is 13.2 Å². The van der Waals surface area contributed by atoms with E-state index in [0.29, 0.717) is 32.2 Å². The Balaban J connectivity index is 1.65. The van der Waals surface area contributed by atoms with Gasteiger partial charge in [-0.3, -0.25) is 14.6 Å². The number of hydrogen-bond acceptors (Lipinski definition) is 5. The molecule has 0 unspecified atom stereocenters. The molecule has 128 valence electrons. The minimum Gasteiger partial charge on any atom is -0.353 e. The third-order valence-electron chi connectivity index (χ3n) is 4.84. The molecule has 0 bridgehead atoms. The Labute approximate surface area is 134 Å². The SMILES string of the molecule is CC1CCN([C@H](C)CNC(=O)CN2CCS(=O)(=O)CC2)CC1. The molecule has 1 N–H and O–H groups in total. The number of rotatable bonds is 5. The highest BCUT2D eigenvalue weighted by molar-refractivity contribution is 7.91. The molecule has 2 heterocycles. The van der Waals surface area contributed by atoms with E-state index in [1.165, 1.54) is 12.8 Å². The Bertz CT molecular complexity index is 458. The molecule has 1 amide bonds. The van der Waals surface area contributed by atoms with Crippen LogP contribution in [0.5, 0.6) is 0 Å². The summed E-state index contributed by atoms with van der Waals surface area (Å²) in [6.07, 6.45) is 2.47. The Morgan fingerprint density at radius 3 is 2.36 bits per heavy atom. The molecular weight excluding hydrogens is 302 g/mol. The van der Waals surface area contributed by atoms with Crippen molar-refractivity contribution in [3.63, 3.8) is 0 Å². The van der Waals surface area contributed by atoms with Crippen molar-refractivity contribution < 1.29 is 13.2 Å². The van der Waals surface area contributed by atoms with Crippen LogP contribution in [0.3, 0.4) is 0 Å². The van der Waals surface area contributed by atoms with Crippen LogP contribution in [0.4, 0.5) is 0 Å². The molecule has 0 saturated carbocycles. The van der Waals surface area contributed by atoms with Gasteiger partial charge in [0.15, 0.2) is 9.84 Å². The number of piperidine rings is 1. The maximum atomic E-state index is 12.0. The smallest absolute Gasteiger partial charge is 0.234 e. The molecule has 2 aliphatic heterocycles. The summed E-state index contributed by atoms with van der Waals surface area (Å²) in [4.78, 5) is 16.3. The molecule has 0 aromatic heterocycles. The van der Waals surface area contributed by atoms with Crippen molar-refractivity contribution in [3.8, 4) is 0 Å². The molecule has 7 heteroatoms. The molecular formula is C15H29N3O3S. The van der Waals surface area contributed by atoms with Crippen LogP contribution in [0.15, 0.2) is 0 Å². The Hall–Kier alpha value is -0.660. The fourth-order valence-electron chi connectivity index (χ4n) is 3.03. The quantitative estimate of drug-likeness (QED) is 0.765. The van der Waals surface area contributed by atoms with Crippen LogP contribution in [0, 0.1) is 5.92 Å². The molecule has 0 aromatic carbocycles. The van der Waals surface area contributed by atoms with Gasteiger partial charge in [-0.25, -0.2) is 8.42 Å². The van der Waals surface area contributed by atoms with E-state index in [-0.39, 0.29) is 17.4 Å². The first-order chi connectivity index (χ1) is 10.4. The standard InChI is InChI=1S/C15H29N3O3S/c1-13-3-5-18(6-4-13)14(2)11-16-15(19)12-17-7-9-22(20,21)10-8-17/h13-14H,3-12H2,1-2H3,(H,16,19)/t14-/m1/s1. The first-order valence-electron chi connectivity index (χ1n) is 8.29. The molecule has 0 radical (unpaired) electrons. The first-order valence-corrected chi connectivity index (χ1v) is 10.1. The van der Waals surface area contributed by atoms with Gasteiger partial charge in [-0.05, 0) is 38.8 Å². The summed E-state index contributed by atoms with van der Waals surface area (Å²) in [5, 5.41) is 2.99. The van der Waals surface area contributed by atoms with Crippen molar-refractivity contribution in [3.05, 3.63) is 0 Å². The van der Waals surface area contributed by atoms with Gasteiger partial charge in [0.25, 0.3) is 0 Å². The second-order valence-corrected chi connectivity index (χ2v) is 9.10. The molecule has 0 spiro atoms. The number of carbonyl (C=O) groups excluding carboxylic acids is 1. The van der Waals surface area contributed by atoms with Gasteiger partial charge in [-0.15, -0.1) is 0 Å². The van der Waals surface area contributed by atoms with Crippen LogP contribution >= 0.6 is 0 Å². The number of carbonyl (C=O) groups is 1. The van der Waals surface area contributed by atoms with Gasteiger partial charge in [-0.2, -0.15) is 0 Å². The maximum absolute atomic E-state index is 12.0. The lowest BCUT2D eigenvalue weighted by Crippen LogP contribution is -2.49. The van der Waals surface area contributed by atoms with Crippen molar-refractivity contribution in [2.24, 2.45) is 5.92 Å². The summed E-state index contributed by atoms with van der Waals surface area (Å²) in [6, 6.07) is 0.359. The van der Waals surface area contributed by atoms with Crippen LogP contribution in [-0.2, 0) is 14.6 Å². The second kappa shape index (κ2) is 7.75. The largest absolute Gasteiger partial charge is 0.353 e. The van der Waals surface area contributed by atoms with Crippen molar-refractivity contribution in [2.45, 2.75) is 32.7 Å². The van der Waals surface area contributed by atoms with Crippen molar-refractivity contribution >= 4 is 15.7 Å². The first kappa shape index (κ1) is 17.7. The van der Waals surface area contributed by atoms with Gasteiger partial charge >= 0.3 is 0 Å². The zero-order valence-corrected chi connectivity index (χ0v) is 14.6. The number of likely N-dealkylation sites (tertiary alicyclic amines) is 1. The van der Waals surface area contributed by atoms with Crippen LogP contribution in [0.2, 0.25) is 0 Å². The lowest BCUT2D eigenvalue weighted by molar-refractivity contribution is -0.122. The van der Waals surface area contributed by atoms with Gasteiger partial charge < -0.3 is 5.32 Å². The monoisotopic (exact) mass is 331 g/mol. The maximum Gasteiger partial charge on any atom is 0.234 e. The summed E-state index contributed by atoms with van der Waals surface area (Å²) in [5.74, 6) is 1.15. The van der Waals surface area contributed by atoms with Crippen LogP contribution in [0.25, 0.3) is 0 Å². The van der Waals surface area contributed by atoms with E-state index in [1.54, 1.807) is 0 Å². The minimum atomic E-state index is -2.88. The molecule has 2 fully saturated rings. The number of hydrogen-bond donors (Lipinski definition) is 1. The van der Waals surface area contributed by atoms with E-state index in [1.807, 2.05) is 4.90 Å². The van der Waals surface area contributed by atoms with E-state index in [0.717, 1.165) is 19.0 Å². The van der Waals surface area contributed by atoms with E-state index < -0.39 is 9.84 Å². The molecule has 0 aliphatic carbocycles. The number of nitrogens with one attached hydrogen (secondary N) is 1. The van der Waals surface area contributed by atoms with E-state index in [2.05, 4.69) is 24.1 Å². The van der Waals surface area contributed by atoms with Crippen molar-refractivity contribution in [1.29, 1.82) is 0 Å². The summed E-state index contributed by atoms with van der Waals surface area (Å²) in [7, 11) is -2.88.